The number of halogens is 2. The lowest BCUT2D eigenvalue weighted by molar-refractivity contribution is 0.222. The summed E-state index contributed by atoms with van der Waals surface area (Å²) in [6, 6.07) is 6.74. The first-order valence-electron chi connectivity index (χ1n) is 7.92. The maximum atomic E-state index is 12.1. The number of hydrogen-bond donors (Lipinski definition) is 2. The molecule has 25 heavy (non-hydrogen) atoms. The SMILES string of the molecule is Nc1ccc(OCc2ccnc(NC(=O)N3CCCC3)c2)c(Cl)c1Cl. The van der Waals surface area contributed by atoms with E-state index in [1.807, 2.05) is 0 Å². The van der Waals surface area contributed by atoms with Gasteiger partial charge in [-0.1, -0.05) is 23.2 Å². The van der Waals surface area contributed by atoms with E-state index in [1.54, 1.807) is 35.4 Å². The lowest BCUT2D eigenvalue weighted by Crippen LogP contribution is -2.32. The van der Waals surface area contributed by atoms with Crippen LogP contribution in [0, 0.1) is 0 Å². The van der Waals surface area contributed by atoms with Gasteiger partial charge < -0.3 is 15.4 Å². The van der Waals surface area contributed by atoms with Gasteiger partial charge in [-0.25, -0.2) is 9.78 Å². The van der Waals surface area contributed by atoms with E-state index in [2.05, 4.69) is 10.3 Å². The Kier molecular flexibility index (Phi) is 5.50. The van der Waals surface area contributed by atoms with Crippen LogP contribution in [0.2, 0.25) is 10.0 Å². The largest absolute Gasteiger partial charge is 0.487 e. The number of benzene rings is 1. The van der Waals surface area contributed by atoms with Crippen LogP contribution < -0.4 is 15.8 Å². The zero-order valence-corrected chi connectivity index (χ0v) is 15.0. The van der Waals surface area contributed by atoms with Gasteiger partial charge in [-0.3, -0.25) is 5.32 Å². The van der Waals surface area contributed by atoms with Crippen molar-refractivity contribution < 1.29 is 9.53 Å². The van der Waals surface area contributed by atoms with E-state index in [4.69, 9.17) is 33.7 Å². The van der Waals surface area contributed by atoms with Crippen LogP contribution in [-0.2, 0) is 6.61 Å². The second kappa shape index (κ2) is 7.80. The smallest absolute Gasteiger partial charge is 0.323 e. The first-order valence-corrected chi connectivity index (χ1v) is 8.67. The maximum absolute atomic E-state index is 12.1. The molecule has 1 aliphatic rings. The van der Waals surface area contributed by atoms with Crippen molar-refractivity contribution in [2.24, 2.45) is 0 Å². The van der Waals surface area contributed by atoms with Gasteiger partial charge in [-0.2, -0.15) is 0 Å². The number of carbonyl (C=O) groups is 1. The summed E-state index contributed by atoms with van der Waals surface area (Å²) < 4.78 is 5.70. The fraction of sp³-hybridized carbons (Fsp3) is 0.294. The number of likely N-dealkylation sites (tertiary alicyclic amines) is 1. The molecule has 1 aromatic carbocycles. The number of pyridine rings is 1. The zero-order valence-electron chi connectivity index (χ0n) is 13.5. The number of aromatic nitrogens is 1. The highest BCUT2D eigenvalue weighted by Crippen LogP contribution is 2.36. The van der Waals surface area contributed by atoms with E-state index in [-0.39, 0.29) is 22.7 Å². The Balaban J connectivity index is 1.64. The Morgan fingerprint density at radius 1 is 1.24 bits per heavy atom. The Bertz CT molecular complexity index is 779. The van der Waals surface area contributed by atoms with Crippen molar-refractivity contribution in [3.8, 4) is 5.75 Å². The summed E-state index contributed by atoms with van der Waals surface area (Å²) in [5, 5.41) is 3.35. The normalized spacial score (nSPS) is 13.8. The van der Waals surface area contributed by atoms with Gasteiger partial charge in [0, 0.05) is 19.3 Å². The molecule has 2 amide bonds. The van der Waals surface area contributed by atoms with E-state index in [0.29, 0.717) is 17.3 Å². The molecule has 2 aromatic rings. The molecular weight excluding hydrogens is 363 g/mol. The van der Waals surface area contributed by atoms with Gasteiger partial charge in [-0.15, -0.1) is 0 Å². The van der Waals surface area contributed by atoms with Crippen molar-refractivity contribution in [1.29, 1.82) is 0 Å². The topological polar surface area (TPSA) is 80.5 Å². The van der Waals surface area contributed by atoms with Gasteiger partial charge >= 0.3 is 6.03 Å². The minimum atomic E-state index is -0.128. The molecular formula is C17H18Cl2N4O2. The number of ether oxygens (including phenoxy) is 1. The maximum Gasteiger partial charge on any atom is 0.323 e. The van der Waals surface area contributed by atoms with Crippen LogP contribution in [0.4, 0.5) is 16.3 Å². The molecule has 132 valence electrons. The highest BCUT2D eigenvalue weighted by atomic mass is 35.5. The highest BCUT2D eigenvalue weighted by molar-refractivity contribution is 6.44. The van der Waals surface area contributed by atoms with Crippen LogP contribution in [0.3, 0.4) is 0 Å². The fourth-order valence-corrected chi connectivity index (χ4v) is 2.94. The minimum Gasteiger partial charge on any atom is -0.487 e. The first-order chi connectivity index (χ1) is 12.0. The van der Waals surface area contributed by atoms with E-state index in [9.17, 15) is 4.79 Å². The zero-order chi connectivity index (χ0) is 17.8. The second-order valence-electron chi connectivity index (χ2n) is 5.74. The van der Waals surface area contributed by atoms with Crippen LogP contribution in [0.5, 0.6) is 5.75 Å². The van der Waals surface area contributed by atoms with Crippen LogP contribution in [0.15, 0.2) is 30.5 Å². The molecule has 0 spiro atoms. The lowest BCUT2D eigenvalue weighted by atomic mass is 10.2. The molecule has 2 heterocycles. The van der Waals surface area contributed by atoms with E-state index >= 15 is 0 Å². The van der Waals surface area contributed by atoms with Crippen LogP contribution in [-0.4, -0.2) is 29.0 Å². The van der Waals surface area contributed by atoms with Gasteiger partial charge in [-0.05, 0) is 42.7 Å². The number of hydrogen-bond acceptors (Lipinski definition) is 4. The number of anilines is 2. The number of nitrogens with zero attached hydrogens (tertiary/aromatic N) is 2. The van der Waals surface area contributed by atoms with Crippen molar-refractivity contribution in [1.82, 2.24) is 9.88 Å². The molecule has 0 bridgehead atoms. The minimum absolute atomic E-state index is 0.128. The number of carbonyl (C=O) groups excluding carboxylic acids is 1. The molecule has 6 nitrogen and oxygen atoms in total. The van der Waals surface area contributed by atoms with E-state index in [1.165, 1.54) is 0 Å². The molecule has 3 N–H and O–H groups in total. The first kappa shape index (κ1) is 17.6. The highest BCUT2D eigenvalue weighted by Gasteiger charge is 2.18. The third-order valence-electron chi connectivity index (χ3n) is 3.92. The number of nitrogens with two attached hydrogens (primary N) is 1. The summed E-state index contributed by atoms with van der Waals surface area (Å²) in [6.07, 6.45) is 3.70. The summed E-state index contributed by atoms with van der Waals surface area (Å²) in [5.74, 6) is 0.930. The number of rotatable bonds is 4. The molecule has 1 saturated heterocycles. The Morgan fingerprint density at radius 3 is 2.76 bits per heavy atom. The molecule has 1 aliphatic heterocycles. The second-order valence-corrected chi connectivity index (χ2v) is 6.50. The summed E-state index contributed by atoms with van der Waals surface area (Å²) in [7, 11) is 0. The fourth-order valence-electron chi connectivity index (χ4n) is 2.56. The van der Waals surface area contributed by atoms with Gasteiger partial charge in [0.1, 0.15) is 23.2 Å². The van der Waals surface area contributed by atoms with E-state index in [0.717, 1.165) is 31.5 Å². The predicted molar refractivity (Wildman–Crippen MR) is 99.3 cm³/mol. The lowest BCUT2D eigenvalue weighted by Gasteiger charge is -2.16. The summed E-state index contributed by atoms with van der Waals surface area (Å²) in [6.45, 7) is 1.82. The van der Waals surface area contributed by atoms with E-state index < -0.39 is 0 Å². The molecule has 1 fully saturated rings. The van der Waals surface area contributed by atoms with Crippen molar-refractivity contribution in [3.05, 3.63) is 46.1 Å². The molecule has 1 aromatic heterocycles. The molecule has 3 rings (SSSR count). The van der Waals surface area contributed by atoms with Crippen molar-refractivity contribution in [2.75, 3.05) is 24.1 Å². The molecule has 8 heteroatoms. The molecule has 0 atom stereocenters. The van der Waals surface area contributed by atoms with Crippen LogP contribution in [0.25, 0.3) is 0 Å². The van der Waals surface area contributed by atoms with Crippen molar-refractivity contribution in [2.45, 2.75) is 19.4 Å². The van der Waals surface area contributed by atoms with Gasteiger partial charge in [0.2, 0.25) is 0 Å². The number of nitrogen functional groups attached to an aromatic ring is 1. The average molecular weight is 381 g/mol. The average Bonchev–Trinajstić information content (AvgIpc) is 3.14. The van der Waals surface area contributed by atoms with Crippen molar-refractivity contribution >= 4 is 40.7 Å². The third-order valence-corrected chi connectivity index (χ3v) is 4.80. The molecule has 0 aliphatic carbocycles. The van der Waals surface area contributed by atoms with Crippen molar-refractivity contribution in [3.63, 3.8) is 0 Å². The Morgan fingerprint density at radius 2 is 2.00 bits per heavy atom. The number of nitrogens with one attached hydrogen (secondary N) is 1. The van der Waals surface area contributed by atoms with Gasteiger partial charge in [0.15, 0.2) is 0 Å². The van der Waals surface area contributed by atoms with Crippen LogP contribution in [0.1, 0.15) is 18.4 Å². The summed E-state index contributed by atoms with van der Waals surface area (Å²) >= 11 is 12.1. The number of amides is 2. The predicted octanol–water partition coefficient (Wildman–Crippen LogP) is 4.18. The Labute approximate surface area is 155 Å². The Hall–Kier alpha value is -2.18. The quantitative estimate of drug-likeness (QED) is 0.779. The number of urea groups is 1. The van der Waals surface area contributed by atoms with Crippen LogP contribution >= 0.6 is 23.2 Å². The summed E-state index contributed by atoms with van der Waals surface area (Å²) in [4.78, 5) is 18.1. The molecule has 0 radical (unpaired) electrons. The summed E-state index contributed by atoms with van der Waals surface area (Å²) in [5.41, 5.74) is 6.93. The monoisotopic (exact) mass is 380 g/mol. The van der Waals surface area contributed by atoms with Gasteiger partial charge in [0.05, 0.1) is 10.7 Å². The molecule has 0 saturated carbocycles. The standard InChI is InChI=1S/C17H18Cl2N4O2/c18-15-12(20)3-4-13(16(15)19)25-10-11-5-6-21-14(9-11)22-17(24)23-7-1-2-8-23/h3-6,9H,1-2,7-8,10,20H2,(H,21,22,24). The third kappa shape index (κ3) is 4.27. The molecule has 0 unspecified atom stereocenters. The van der Waals surface area contributed by atoms with Gasteiger partial charge in [0.25, 0.3) is 0 Å².